The zero-order valence-corrected chi connectivity index (χ0v) is 10.9. The molecule has 1 saturated carbocycles. The summed E-state index contributed by atoms with van der Waals surface area (Å²) in [4.78, 5) is 12.2. The molecule has 1 aliphatic rings. The van der Waals surface area contributed by atoms with Gasteiger partial charge in [-0.25, -0.2) is 0 Å². The number of aromatic nitrogens is 1. The second-order valence-corrected chi connectivity index (χ2v) is 5.18. The number of nitrogens with two attached hydrogens (primary N) is 1. The molecule has 0 aromatic carbocycles. The molecule has 18 heavy (non-hydrogen) atoms. The Balaban J connectivity index is 2.06. The van der Waals surface area contributed by atoms with E-state index < -0.39 is 11.0 Å². The zero-order valence-electron chi connectivity index (χ0n) is 10.9. The molecule has 6 nitrogen and oxygen atoms in total. The molecular weight excluding hydrogens is 234 g/mol. The van der Waals surface area contributed by atoms with Gasteiger partial charge < -0.3 is 20.3 Å². The van der Waals surface area contributed by atoms with Crippen LogP contribution in [-0.4, -0.2) is 29.3 Å². The molecule has 6 heteroatoms. The van der Waals surface area contributed by atoms with E-state index in [2.05, 4.69) is 15.0 Å². The molecule has 0 saturated heterocycles. The highest BCUT2D eigenvalue weighted by Gasteiger charge is 2.62. The maximum atomic E-state index is 12.2. The van der Waals surface area contributed by atoms with Crippen LogP contribution in [0.2, 0.25) is 0 Å². The van der Waals surface area contributed by atoms with Crippen molar-refractivity contribution in [2.45, 2.75) is 38.8 Å². The van der Waals surface area contributed by atoms with Crippen molar-refractivity contribution in [3.63, 3.8) is 0 Å². The van der Waals surface area contributed by atoms with Gasteiger partial charge in [-0.15, -0.1) is 0 Å². The van der Waals surface area contributed by atoms with E-state index in [1.807, 2.05) is 20.8 Å². The number of hydrogen-bond acceptors (Lipinski definition) is 5. The summed E-state index contributed by atoms with van der Waals surface area (Å²) in [7, 11) is 0. The van der Waals surface area contributed by atoms with Crippen molar-refractivity contribution >= 4 is 11.7 Å². The fourth-order valence-corrected chi connectivity index (χ4v) is 2.33. The normalized spacial score (nSPS) is 29.7. The van der Waals surface area contributed by atoms with Crippen LogP contribution in [0.3, 0.4) is 0 Å². The predicted molar refractivity (Wildman–Crippen MR) is 65.9 cm³/mol. The second-order valence-electron chi connectivity index (χ2n) is 5.18. The highest BCUT2D eigenvalue weighted by Crippen LogP contribution is 2.50. The van der Waals surface area contributed by atoms with E-state index in [0.29, 0.717) is 18.8 Å². The smallest absolute Gasteiger partial charge is 0.246 e. The van der Waals surface area contributed by atoms with Gasteiger partial charge in [0.25, 0.3) is 0 Å². The molecule has 0 spiro atoms. The van der Waals surface area contributed by atoms with Crippen LogP contribution in [0.15, 0.2) is 16.9 Å². The largest absolute Gasteiger partial charge is 0.378 e. The molecule has 1 aliphatic carbocycles. The van der Waals surface area contributed by atoms with E-state index in [0.717, 1.165) is 0 Å². The minimum absolute atomic E-state index is 0.00978. The summed E-state index contributed by atoms with van der Waals surface area (Å²) < 4.78 is 10.2. The van der Waals surface area contributed by atoms with Gasteiger partial charge in [0.2, 0.25) is 5.91 Å². The van der Waals surface area contributed by atoms with Crippen LogP contribution in [0, 0.1) is 5.41 Å². The molecule has 3 N–H and O–H groups in total. The van der Waals surface area contributed by atoms with Gasteiger partial charge in [-0.1, -0.05) is 19.0 Å². The van der Waals surface area contributed by atoms with Gasteiger partial charge in [-0.2, -0.15) is 0 Å². The summed E-state index contributed by atoms with van der Waals surface area (Å²) in [6.45, 7) is 6.44. The molecule has 0 aliphatic heterocycles. The molecular formula is C12H19N3O3. The number of ether oxygens (including phenoxy) is 1. The predicted octanol–water partition coefficient (Wildman–Crippen LogP) is 1.15. The van der Waals surface area contributed by atoms with Crippen LogP contribution in [0.4, 0.5) is 5.82 Å². The minimum Gasteiger partial charge on any atom is -0.378 e. The lowest BCUT2D eigenvalue weighted by molar-refractivity contribution is -0.166. The van der Waals surface area contributed by atoms with Gasteiger partial charge in [0.05, 0.1) is 6.10 Å². The van der Waals surface area contributed by atoms with Gasteiger partial charge in [0, 0.05) is 24.5 Å². The first-order valence-corrected chi connectivity index (χ1v) is 6.04. The Bertz CT molecular complexity index is 430. The molecule has 100 valence electrons. The topological polar surface area (TPSA) is 90.4 Å². The Labute approximate surface area is 106 Å². The summed E-state index contributed by atoms with van der Waals surface area (Å²) in [5, 5.41) is 6.30. The average molecular weight is 253 g/mol. The summed E-state index contributed by atoms with van der Waals surface area (Å²) in [6, 6.07) is 1.58. The lowest BCUT2D eigenvalue weighted by Crippen LogP contribution is -2.74. The second kappa shape index (κ2) is 4.37. The lowest BCUT2D eigenvalue weighted by Gasteiger charge is -2.57. The number of nitrogens with one attached hydrogen (secondary N) is 1. The van der Waals surface area contributed by atoms with E-state index in [4.69, 9.17) is 10.5 Å². The van der Waals surface area contributed by atoms with Gasteiger partial charge in [-0.3, -0.25) is 4.79 Å². The van der Waals surface area contributed by atoms with Crippen LogP contribution in [0.25, 0.3) is 0 Å². The number of carbonyl (C=O) groups excluding carboxylic acids is 1. The van der Waals surface area contributed by atoms with E-state index in [1.165, 1.54) is 6.26 Å². The number of rotatable bonds is 4. The van der Waals surface area contributed by atoms with E-state index in [1.54, 1.807) is 6.07 Å². The molecule has 1 fully saturated rings. The van der Waals surface area contributed by atoms with Crippen molar-refractivity contribution < 1.29 is 14.1 Å². The molecule has 0 bridgehead atoms. The molecule has 1 amide bonds. The Morgan fingerprint density at radius 3 is 2.94 bits per heavy atom. The van der Waals surface area contributed by atoms with Crippen molar-refractivity contribution in [2.75, 3.05) is 11.9 Å². The molecule has 1 heterocycles. The van der Waals surface area contributed by atoms with Crippen molar-refractivity contribution in [1.82, 2.24) is 5.16 Å². The lowest BCUT2D eigenvalue weighted by atomic mass is 9.54. The van der Waals surface area contributed by atoms with Crippen molar-refractivity contribution in [2.24, 2.45) is 11.1 Å². The standard InChI is InChI=1S/C12H19N3O3/c1-4-17-8-7-12(13,11(8,2)3)10(16)14-9-5-6-18-15-9/h5-6,8H,4,7,13H2,1-3H3,(H,14,15,16). The number of carbonyl (C=O) groups is 1. The van der Waals surface area contributed by atoms with Crippen LogP contribution in [-0.2, 0) is 9.53 Å². The first-order valence-electron chi connectivity index (χ1n) is 6.04. The maximum absolute atomic E-state index is 12.2. The van der Waals surface area contributed by atoms with Crippen LogP contribution in [0.5, 0.6) is 0 Å². The van der Waals surface area contributed by atoms with Crippen LogP contribution >= 0.6 is 0 Å². The molecule has 2 atom stereocenters. The summed E-state index contributed by atoms with van der Waals surface area (Å²) >= 11 is 0. The molecule has 2 unspecified atom stereocenters. The number of amides is 1. The van der Waals surface area contributed by atoms with Crippen LogP contribution < -0.4 is 11.1 Å². The highest BCUT2D eigenvalue weighted by atomic mass is 16.5. The van der Waals surface area contributed by atoms with Crippen molar-refractivity contribution in [3.8, 4) is 0 Å². The summed E-state index contributed by atoms with van der Waals surface area (Å²) in [5.41, 5.74) is 4.87. The third-order valence-corrected chi connectivity index (χ3v) is 3.91. The Kier molecular flexibility index (Phi) is 3.16. The van der Waals surface area contributed by atoms with Gasteiger partial charge in [-0.05, 0) is 6.92 Å². The number of nitrogens with zero attached hydrogens (tertiary/aromatic N) is 1. The number of anilines is 1. The van der Waals surface area contributed by atoms with Crippen molar-refractivity contribution in [1.29, 1.82) is 0 Å². The first kappa shape index (κ1) is 13.0. The quantitative estimate of drug-likeness (QED) is 0.839. The minimum atomic E-state index is -0.939. The van der Waals surface area contributed by atoms with Crippen molar-refractivity contribution in [3.05, 3.63) is 12.3 Å². The third kappa shape index (κ3) is 1.81. The average Bonchev–Trinajstić information content (AvgIpc) is 2.81. The monoisotopic (exact) mass is 253 g/mol. The number of hydrogen-bond donors (Lipinski definition) is 2. The van der Waals surface area contributed by atoms with Gasteiger partial charge >= 0.3 is 0 Å². The van der Waals surface area contributed by atoms with E-state index >= 15 is 0 Å². The summed E-state index contributed by atoms with van der Waals surface area (Å²) in [5.74, 6) is 0.123. The first-order chi connectivity index (χ1) is 8.41. The highest BCUT2D eigenvalue weighted by molar-refractivity contribution is 5.99. The molecule has 2 rings (SSSR count). The Hall–Kier alpha value is -1.40. The van der Waals surface area contributed by atoms with Crippen LogP contribution in [0.1, 0.15) is 27.2 Å². The van der Waals surface area contributed by atoms with Gasteiger partial charge in [0.15, 0.2) is 5.82 Å². The van der Waals surface area contributed by atoms with E-state index in [9.17, 15) is 4.79 Å². The SMILES string of the molecule is CCOC1CC(N)(C(=O)Nc2ccon2)C1(C)C. The van der Waals surface area contributed by atoms with Gasteiger partial charge in [0.1, 0.15) is 11.8 Å². The fourth-order valence-electron chi connectivity index (χ4n) is 2.33. The molecule has 0 radical (unpaired) electrons. The maximum Gasteiger partial charge on any atom is 0.246 e. The Morgan fingerprint density at radius 1 is 1.72 bits per heavy atom. The Morgan fingerprint density at radius 2 is 2.44 bits per heavy atom. The molecule has 1 aromatic heterocycles. The molecule has 1 aromatic rings. The fraction of sp³-hybridized carbons (Fsp3) is 0.667. The third-order valence-electron chi connectivity index (χ3n) is 3.91. The van der Waals surface area contributed by atoms with E-state index in [-0.39, 0.29) is 12.0 Å². The summed E-state index contributed by atoms with van der Waals surface area (Å²) in [6.07, 6.45) is 1.92. The zero-order chi connectivity index (χ0) is 13.4.